The molecule has 2 aromatic rings. The minimum Gasteiger partial charge on any atom is -0.309 e. The Balaban J connectivity index is 0.00000161. The van der Waals surface area contributed by atoms with Crippen LogP contribution in [-0.2, 0) is 6.54 Å². The molecule has 21 heavy (non-hydrogen) atoms. The number of hydrogen-bond donors (Lipinski definition) is 1. The van der Waals surface area contributed by atoms with Gasteiger partial charge in [0.2, 0.25) is 0 Å². The standard InChI is InChI=1S/C14H20N6.ClH/c1-11-8-19(9-12(2)15-11)10-14-16-17-18-20(14)13-6-4-3-5-7-13;/h3-7,11-12,15H,8-10H2,1-2H3;1H. The Morgan fingerprint density at radius 3 is 2.48 bits per heavy atom. The summed E-state index contributed by atoms with van der Waals surface area (Å²) in [7, 11) is 0. The number of benzene rings is 1. The molecular weight excluding hydrogens is 288 g/mol. The molecule has 1 aliphatic rings. The monoisotopic (exact) mass is 308 g/mol. The van der Waals surface area contributed by atoms with Gasteiger partial charge in [-0.15, -0.1) is 17.5 Å². The summed E-state index contributed by atoms with van der Waals surface area (Å²) in [6.07, 6.45) is 0. The molecule has 1 aromatic carbocycles. The van der Waals surface area contributed by atoms with Crippen molar-refractivity contribution in [1.82, 2.24) is 30.4 Å². The highest BCUT2D eigenvalue weighted by molar-refractivity contribution is 5.85. The minimum atomic E-state index is 0. The second-order valence-electron chi connectivity index (χ2n) is 5.51. The molecule has 0 radical (unpaired) electrons. The van der Waals surface area contributed by atoms with Crippen molar-refractivity contribution in [2.75, 3.05) is 13.1 Å². The maximum atomic E-state index is 4.18. The highest BCUT2D eigenvalue weighted by Crippen LogP contribution is 2.11. The number of para-hydroxylation sites is 1. The Kier molecular flexibility index (Phi) is 5.27. The molecule has 2 unspecified atom stereocenters. The second kappa shape index (κ2) is 6.98. The SMILES string of the molecule is CC1CN(Cc2nnnn2-c2ccccc2)CC(C)N1.Cl. The summed E-state index contributed by atoms with van der Waals surface area (Å²) in [5, 5.41) is 15.6. The zero-order chi connectivity index (χ0) is 13.9. The van der Waals surface area contributed by atoms with E-state index in [-0.39, 0.29) is 12.4 Å². The predicted molar refractivity (Wildman–Crippen MR) is 83.7 cm³/mol. The highest BCUT2D eigenvalue weighted by atomic mass is 35.5. The molecule has 0 saturated carbocycles. The van der Waals surface area contributed by atoms with Gasteiger partial charge in [0.15, 0.2) is 5.82 Å². The van der Waals surface area contributed by atoms with E-state index in [1.165, 1.54) is 0 Å². The van der Waals surface area contributed by atoms with Crippen molar-refractivity contribution < 1.29 is 0 Å². The molecule has 0 amide bonds. The molecule has 6 nitrogen and oxygen atoms in total. The van der Waals surface area contributed by atoms with Crippen LogP contribution in [0, 0.1) is 0 Å². The van der Waals surface area contributed by atoms with Crippen molar-refractivity contribution >= 4 is 12.4 Å². The molecule has 114 valence electrons. The number of nitrogens with zero attached hydrogens (tertiary/aromatic N) is 5. The van der Waals surface area contributed by atoms with Crippen LogP contribution in [0.15, 0.2) is 30.3 Å². The summed E-state index contributed by atoms with van der Waals surface area (Å²) in [6.45, 7) is 7.24. The summed E-state index contributed by atoms with van der Waals surface area (Å²) in [5.74, 6) is 0.887. The van der Waals surface area contributed by atoms with Crippen molar-refractivity contribution in [3.63, 3.8) is 0 Å². The highest BCUT2D eigenvalue weighted by Gasteiger charge is 2.22. The smallest absolute Gasteiger partial charge is 0.170 e. The third-order valence-corrected chi connectivity index (χ3v) is 3.53. The number of aromatic nitrogens is 4. The van der Waals surface area contributed by atoms with Crippen LogP contribution in [0.1, 0.15) is 19.7 Å². The first-order valence-electron chi connectivity index (χ1n) is 7.03. The number of nitrogens with one attached hydrogen (secondary N) is 1. The van der Waals surface area contributed by atoms with Gasteiger partial charge in [0.1, 0.15) is 0 Å². The molecule has 2 heterocycles. The van der Waals surface area contributed by atoms with Crippen LogP contribution in [0.4, 0.5) is 0 Å². The van der Waals surface area contributed by atoms with E-state index in [1.807, 2.05) is 35.0 Å². The molecule has 0 aliphatic carbocycles. The van der Waals surface area contributed by atoms with E-state index < -0.39 is 0 Å². The van der Waals surface area contributed by atoms with Gasteiger partial charge < -0.3 is 5.32 Å². The predicted octanol–water partition coefficient (Wildman–Crippen LogP) is 1.27. The van der Waals surface area contributed by atoms with Crippen LogP contribution in [-0.4, -0.2) is 50.3 Å². The van der Waals surface area contributed by atoms with Gasteiger partial charge >= 0.3 is 0 Å². The summed E-state index contributed by atoms with van der Waals surface area (Å²) >= 11 is 0. The second-order valence-corrected chi connectivity index (χ2v) is 5.51. The molecule has 1 N–H and O–H groups in total. The molecule has 1 aliphatic heterocycles. The van der Waals surface area contributed by atoms with Crippen LogP contribution in [0.3, 0.4) is 0 Å². The van der Waals surface area contributed by atoms with Gasteiger partial charge in [-0.1, -0.05) is 18.2 Å². The molecule has 0 bridgehead atoms. The number of piperazine rings is 1. The summed E-state index contributed by atoms with van der Waals surface area (Å²) in [5.41, 5.74) is 1.00. The van der Waals surface area contributed by atoms with E-state index in [0.29, 0.717) is 12.1 Å². The molecule has 1 fully saturated rings. The minimum absolute atomic E-state index is 0. The van der Waals surface area contributed by atoms with E-state index in [1.54, 1.807) is 0 Å². The van der Waals surface area contributed by atoms with Crippen molar-refractivity contribution in [2.24, 2.45) is 0 Å². The van der Waals surface area contributed by atoms with E-state index in [9.17, 15) is 0 Å². The lowest BCUT2D eigenvalue weighted by Gasteiger charge is -2.35. The van der Waals surface area contributed by atoms with Crippen molar-refractivity contribution in [1.29, 1.82) is 0 Å². The zero-order valence-corrected chi connectivity index (χ0v) is 13.1. The van der Waals surface area contributed by atoms with Crippen LogP contribution in [0.5, 0.6) is 0 Å². The maximum Gasteiger partial charge on any atom is 0.170 e. The molecule has 1 aromatic heterocycles. The lowest BCUT2D eigenvalue weighted by molar-refractivity contribution is 0.162. The number of tetrazole rings is 1. The van der Waals surface area contributed by atoms with Crippen LogP contribution in [0.25, 0.3) is 5.69 Å². The fourth-order valence-electron chi connectivity index (χ4n) is 2.84. The van der Waals surface area contributed by atoms with Crippen LogP contribution >= 0.6 is 12.4 Å². The number of halogens is 1. The lowest BCUT2D eigenvalue weighted by atomic mass is 10.1. The average Bonchev–Trinajstić information content (AvgIpc) is 2.86. The fraction of sp³-hybridized carbons (Fsp3) is 0.500. The van der Waals surface area contributed by atoms with Crippen LogP contribution in [0.2, 0.25) is 0 Å². The molecule has 7 heteroatoms. The third-order valence-electron chi connectivity index (χ3n) is 3.53. The van der Waals surface area contributed by atoms with Crippen LogP contribution < -0.4 is 5.32 Å². The molecule has 2 atom stereocenters. The van der Waals surface area contributed by atoms with Gasteiger partial charge in [0.05, 0.1) is 12.2 Å². The topological polar surface area (TPSA) is 58.9 Å². The van der Waals surface area contributed by atoms with Crippen molar-refractivity contribution in [3.05, 3.63) is 36.2 Å². The Morgan fingerprint density at radius 1 is 1.14 bits per heavy atom. The lowest BCUT2D eigenvalue weighted by Crippen LogP contribution is -2.53. The van der Waals surface area contributed by atoms with Crippen molar-refractivity contribution in [3.8, 4) is 5.69 Å². The Labute approximate surface area is 130 Å². The summed E-state index contributed by atoms with van der Waals surface area (Å²) < 4.78 is 1.82. The average molecular weight is 309 g/mol. The Bertz CT molecular complexity index is 548. The van der Waals surface area contributed by atoms with Gasteiger partial charge in [-0.25, -0.2) is 0 Å². The van der Waals surface area contributed by atoms with Gasteiger partial charge in [-0.3, -0.25) is 4.90 Å². The number of rotatable bonds is 3. The van der Waals surface area contributed by atoms with Gasteiger partial charge in [0.25, 0.3) is 0 Å². The summed E-state index contributed by atoms with van der Waals surface area (Å²) in [4.78, 5) is 2.40. The molecular formula is C14H21ClN6. The van der Waals surface area contributed by atoms with Gasteiger partial charge in [-0.2, -0.15) is 4.68 Å². The van der Waals surface area contributed by atoms with Crippen molar-refractivity contribution in [2.45, 2.75) is 32.5 Å². The van der Waals surface area contributed by atoms with E-state index in [4.69, 9.17) is 0 Å². The van der Waals surface area contributed by atoms with E-state index in [0.717, 1.165) is 31.1 Å². The first-order chi connectivity index (χ1) is 9.72. The van der Waals surface area contributed by atoms with Gasteiger partial charge in [-0.05, 0) is 36.4 Å². The first-order valence-corrected chi connectivity index (χ1v) is 7.03. The summed E-state index contributed by atoms with van der Waals surface area (Å²) in [6, 6.07) is 11.0. The fourth-order valence-corrected chi connectivity index (χ4v) is 2.84. The Hall–Kier alpha value is -1.50. The van der Waals surface area contributed by atoms with E-state index >= 15 is 0 Å². The third kappa shape index (κ3) is 3.78. The normalized spacial score (nSPS) is 22.8. The van der Waals surface area contributed by atoms with Gasteiger partial charge in [0, 0.05) is 25.2 Å². The first kappa shape index (κ1) is 15.9. The molecule has 1 saturated heterocycles. The molecule has 3 rings (SSSR count). The largest absolute Gasteiger partial charge is 0.309 e. The number of hydrogen-bond acceptors (Lipinski definition) is 5. The zero-order valence-electron chi connectivity index (χ0n) is 12.3. The Morgan fingerprint density at radius 2 is 1.81 bits per heavy atom. The molecule has 0 spiro atoms. The van der Waals surface area contributed by atoms with E-state index in [2.05, 4.69) is 39.6 Å². The maximum absolute atomic E-state index is 4.18. The quantitative estimate of drug-likeness (QED) is 0.925.